The van der Waals surface area contributed by atoms with Crippen molar-refractivity contribution in [3.63, 3.8) is 0 Å². The molecular formula is C17H25N3O3. The first-order valence-corrected chi connectivity index (χ1v) is 8.01. The van der Waals surface area contributed by atoms with Gasteiger partial charge in [0.15, 0.2) is 0 Å². The quantitative estimate of drug-likeness (QED) is 0.667. The van der Waals surface area contributed by atoms with E-state index in [0.29, 0.717) is 19.6 Å². The number of urea groups is 1. The first-order valence-electron chi connectivity index (χ1n) is 8.01. The minimum absolute atomic E-state index is 0.207. The Balaban J connectivity index is 1.70. The van der Waals surface area contributed by atoms with Crippen LogP contribution in [0.5, 0.6) is 0 Å². The van der Waals surface area contributed by atoms with Crippen LogP contribution in [0.2, 0.25) is 0 Å². The zero-order valence-corrected chi connectivity index (χ0v) is 14.0. The van der Waals surface area contributed by atoms with E-state index < -0.39 is 6.04 Å². The van der Waals surface area contributed by atoms with Crippen LogP contribution in [-0.4, -0.2) is 46.6 Å². The highest BCUT2D eigenvalue weighted by Crippen LogP contribution is 2.19. The molecule has 2 amide bonds. The van der Waals surface area contributed by atoms with E-state index in [1.54, 1.807) is 6.20 Å². The lowest BCUT2D eigenvalue weighted by molar-refractivity contribution is -0.153. The lowest BCUT2D eigenvalue weighted by Crippen LogP contribution is -2.61. The van der Waals surface area contributed by atoms with Gasteiger partial charge < -0.3 is 15.0 Å². The number of rotatable bonds is 5. The van der Waals surface area contributed by atoms with Crippen molar-refractivity contribution < 1.29 is 14.3 Å². The Labute approximate surface area is 137 Å². The van der Waals surface area contributed by atoms with Crippen molar-refractivity contribution in [2.24, 2.45) is 0 Å². The molecule has 1 N–H and O–H groups in total. The number of nitrogens with zero attached hydrogens (tertiary/aromatic N) is 2. The van der Waals surface area contributed by atoms with Crippen LogP contribution >= 0.6 is 0 Å². The Hall–Kier alpha value is -2.11. The molecule has 6 nitrogen and oxygen atoms in total. The van der Waals surface area contributed by atoms with E-state index in [2.05, 4.69) is 10.3 Å². The molecule has 0 bridgehead atoms. The second kappa shape index (κ2) is 7.44. The van der Waals surface area contributed by atoms with Gasteiger partial charge in [-0.1, -0.05) is 6.07 Å². The summed E-state index contributed by atoms with van der Waals surface area (Å²) in [5.74, 6) is -0.313. The number of likely N-dealkylation sites (tertiary alicyclic amines) is 1. The Bertz CT molecular complexity index is 540. The minimum Gasteiger partial charge on any atom is -0.464 e. The average molecular weight is 319 g/mol. The summed E-state index contributed by atoms with van der Waals surface area (Å²) in [5.41, 5.74) is 0.809. The van der Waals surface area contributed by atoms with Crippen molar-refractivity contribution in [3.05, 3.63) is 30.1 Å². The van der Waals surface area contributed by atoms with Crippen LogP contribution in [0.1, 0.15) is 39.2 Å². The van der Waals surface area contributed by atoms with Crippen molar-refractivity contribution in [1.82, 2.24) is 15.2 Å². The number of ether oxygens (including phenoxy) is 1. The maximum atomic E-state index is 12.1. The highest BCUT2D eigenvalue weighted by molar-refractivity contribution is 5.85. The number of amides is 2. The van der Waals surface area contributed by atoms with Gasteiger partial charge >= 0.3 is 12.0 Å². The largest absolute Gasteiger partial charge is 0.464 e. The Morgan fingerprint density at radius 3 is 2.78 bits per heavy atom. The molecule has 0 aliphatic carbocycles. The van der Waals surface area contributed by atoms with Crippen molar-refractivity contribution in [2.75, 3.05) is 13.2 Å². The van der Waals surface area contributed by atoms with E-state index in [1.165, 1.54) is 4.90 Å². The number of hydrogen-bond acceptors (Lipinski definition) is 4. The first-order chi connectivity index (χ1) is 10.9. The van der Waals surface area contributed by atoms with E-state index in [0.717, 1.165) is 18.4 Å². The lowest BCUT2D eigenvalue weighted by atomic mass is 10.0. The van der Waals surface area contributed by atoms with Crippen LogP contribution in [0.3, 0.4) is 0 Å². The molecule has 6 heteroatoms. The topological polar surface area (TPSA) is 71.5 Å². The van der Waals surface area contributed by atoms with Crippen molar-refractivity contribution in [2.45, 2.75) is 51.6 Å². The predicted molar refractivity (Wildman–Crippen MR) is 86.9 cm³/mol. The second-order valence-corrected chi connectivity index (χ2v) is 6.81. The molecule has 0 spiro atoms. The van der Waals surface area contributed by atoms with Crippen LogP contribution in [0.15, 0.2) is 24.5 Å². The van der Waals surface area contributed by atoms with Crippen LogP contribution in [0.25, 0.3) is 0 Å². The molecule has 1 aliphatic rings. The lowest BCUT2D eigenvalue weighted by Gasteiger charge is -2.40. The highest BCUT2D eigenvalue weighted by atomic mass is 16.5. The molecule has 2 rings (SSSR count). The summed E-state index contributed by atoms with van der Waals surface area (Å²) in [6.07, 6.45) is 5.78. The molecule has 0 radical (unpaired) electrons. The maximum Gasteiger partial charge on any atom is 0.328 e. The van der Waals surface area contributed by atoms with Crippen molar-refractivity contribution in [3.8, 4) is 0 Å². The fourth-order valence-electron chi connectivity index (χ4n) is 2.36. The van der Waals surface area contributed by atoms with Gasteiger partial charge in [-0.15, -0.1) is 0 Å². The van der Waals surface area contributed by atoms with Crippen LogP contribution in [0.4, 0.5) is 4.79 Å². The summed E-state index contributed by atoms with van der Waals surface area (Å²) in [6, 6.07) is 3.23. The smallest absolute Gasteiger partial charge is 0.328 e. The third kappa shape index (κ3) is 5.23. The molecule has 0 saturated carbocycles. The van der Waals surface area contributed by atoms with E-state index in [4.69, 9.17) is 4.74 Å². The normalized spacial score (nSPS) is 17.3. The Kier molecular flexibility index (Phi) is 5.58. The summed E-state index contributed by atoms with van der Waals surface area (Å²) in [6.45, 7) is 6.69. The van der Waals surface area contributed by atoms with Gasteiger partial charge in [0.2, 0.25) is 0 Å². The van der Waals surface area contributed by atoms with Gasteiger partial charge in [-0.05, 0) is 51.7 Å². The van der Waals surface area contributed by atoms with E-state index in [-0.39, 0.29) is 17.5 Å². The standard InChI is InChI=1S/C17H25N3O3/c1-17(2,3)19-16(22)20-10-8-14(20)15(21)23-11-5-7-13-6-4-9-18-12-13/h4,6,9,12,14H,5,7-8,10-11H2,1-3H3,(H,19,22)/t14-/m0/s1. The number of pyridine rings is 1. The van der Waals surface area contributed by atoms with E-state index in [9.17, 15) is 9.59 Å². The molecule has 1 saturated heterocycles. The molecule has 1 atom stereocenters. The van der Waals surface area contributed by atoms with Gasteiger partial charge in [0.1, 0.15) is 6.04 Å². The van der Waals surface area contributed by atoms with Gasteiger partial charge in [-0.25, -0.2) is 9.59 Å². The molecule has 0 unspecified atom stereocenters. The minimum atomic E-state index is -0.448. The summed E-state index contributed by atoms with van der Waals surface area (Å²) in [4.78, 5) is 29.7. The fourth-order valence-corrected chi connectivity index (χ4v) is 2.36. The van der Waals surface area contributed by atoms with Crippen LogP contribution < -0.4 is 5.32 Å². The fraction of sp³-hybridized carbons (Fsp3) is 0.588. The van der Waals surface area contributed by atoms with E-state index in [1.807, 2.05) is 39.1 Å². The maximum absolute atomic E-state index is 12.1. The van der Waals surface area contributed by atoms with Crippen molar-refractivity contribution >= 4 is 12.0 Å². The predicted octanol–water partition coefficient (Wildman–Crippen LogP) is 2.14. The molecule has 1 fully saturated rings. The summed E-state index contributed by atoms with van der Waals surface area (Å²) in [5, 5.41) is 2.87. The molecule has 126 valence electrons. The average Bonchev–Trinajstić information content (AvgIpc) is 2.41. The van der Waals surface area contributed by atoms with Gasteiger partial charge in [-0.2, -0.15) is 0 Å². The monoisotopic (exact) mass is 319 g/mol. The first kappa shape index (κ1) is 17.2. The zero-order valence-electron chi connectivity index (χ0n) is 14.0. The zero-order chi connectivity index (χ0) is 16.9. The molecule has 1 aromatic heterocycles. The molecule has 2 heterocycles. The molecule has 1 aromatic rings. The number of nitrogens with one attached hydrogen (secondary N) is 1. The van der Waals surface area contributed by atoms with E-state index >= 15 is 0 Å². The Morgan fingerprint density at radius 1 is 1.43 bits per heavy atom. The van der Waals surface area contributed by atoms with Crippen molar-refractivity contribution in [1.29, 1.82) is 0 Å². The van der Waals surface area contributed by atoms with Crippen LogP contribution in [-0.2, 0) is 16.0 Å². The Morgan fingerprint density at radius 2 is 2.22 bits per heavy atom. The summed E-state index contributed by atoms with van der Waals surface area (Å²) in [7, 11) is 0. The molecule has 0 aromatic carbocycles. The SMILES string of the molecule is CC(C)(C)NC(=O)N1CC[C@H]1C(=O)OCCCc1cccnc1. The third-order valence-corrected chi connectivity index (χ3v) is 3.61. The molecule has 1 aliphatic heterocycles. The van der Waals surface area contributed by atoms with Gasteiger partial charge in [-0.3, -0.25) is 4.98 Å². The number of carbonyl (C=O) groups is 2. The third-order valence-electron chi connectivity index (χ3n) is 3.61. The number of carbonyl (C=O) groups excluding carboxylic acids is 2. The molecule has 23 heavy (non-hydrogen) atoms. The number of hydrogen-bond donors (Lipinski definition) is 1. The van der Waals surface area contributed by atoms with Gasteiger partial charge in [0.05, 0.1) is 6.61 Å². The van der Waals surface area contributed by atoms with Crippen LogP contribution in [0, 0.1) is 0 Å². The summed E-state index contributed by atoms with van der Waals surface area (Å²) < 4.78 is 5.30. The number of aryl methyl sites for hydroxylation is 1. The number of esters is 1. The number of aromatic nitrogens is 1. The van der Waals surface area contributed by atoms with Gasteiger partial charge in [0, 0.05) is 24.5 Å². The highest BCUT2D eigenvalue weighted by Gasteiger charge is 2.39. The molecular weight excluding hydrogens is 294 g/mol. The summed E-state index contributed by atoms with van der Waals surface area (Å²) >= 11 is 0. The second-order valence-electron chi connectivity index (χ2n) is 6.81. The van der Waals surface area contributed by atoms with Gasteiger partial charge in [0.25, 0.3) is 0 Å².